The summed E-state index contributed by atoms with van der Waals surface area (Å²) < 4.78 is 46.4. The van der Waals surface area contributed by atoms with Crippen molar-refractivity contribution in [2.24, 2.45) is 0 Å². The van der Waals surface area contributed by atoms with E-state index in [0.717, 1.165) is 27.6 Å². The molecule has 0 unspecified atom stereocenters. The molecule has 0 amide bonds. The lowest BCUT2D eigenvalue weighted by atomic mass is 9.98. The second-order valence-electron chi connectivity index (χ2n) is 8.72. The van der Waals surface area contributed by atoms with Crippen molar-refractivity contribution in [2.45, 2.75) is 31.3 Å². The minimum atomic E-state index is -3.88. The highest BCUT2D eigenvalue weighted by Crippen LogP contribution is 2.45. The first-order valence-electron chi connectivity index (χ1n) is 10.4. The Morgan fingerprint density at radius 2 is 1.62 bits per heavy atom. The van der Waals surface area contributed by atoms with Crippen LogP contribution in [0.5, 0.6) is 17.2 Å². The topological polar surface area (TPSA) is 66.8 Å². The molecule has 162 valence electrons. The Morgan fingerprint density at radius 3 is 2.38 bits per heavy atom. The van der Waals surface area contributed by atoms with Crippen LogP contribution in [0, 0.1) is 6.92 Å². The molecule has 3 heterocycles. The molecule has 1 aromatic heterocycles. The van der Waals surface area contributed by atoms with Gasteiger partial charge in [0.2, 0.25) is 6.79 Å². The molecule has 6 rings (SSSR count). The quantitative estimate of drug-likeness (QED) is 0.420. The number of aryl methyl sites for hydroxylation is 1. The monoisotopic (exact) mass is 447 g/mol. The number of hydrogen-bond donors (Lipinski definition) is 0. The fourth-order valence-corrected chi connectivity index (χ4v) is 5.91. The van der Waals surface area contributed by atoms with Crippen LogP contribution < -0.4 is 14.2 Å². The van der Waals surface area contributed by atoms with Gasteiger partial charge in [-0.3, -0.25) is 0 Å². The van der Waals surface area contributed by atoms with E-state index in [-0.39, 0.29) is 11.7 Å². The number of nitrogens with zero attached hydrogens (tertiary/aromatic N) is 1. The van der Waals surface area contributed by atoms with Gasteiger partial charge >= 0.3 is 0 Å². The van der Waals surface area contributed by atoms with Crippen LogP contribution in [0.3, 0.4) is 0 Å². The third-order valence-corrected chi connectivity index (χ3v) is 7.71. The van der Waals surface area contributed by atoms with Crippen LogP contribution in [-0.4, -0.2) is 24.8 Å². The number of aromatic nitrogens is 1. The second-order valence-corrected chi connectivity index (χ2v) is 10.5. The summed E-state index contributed by atoms with van der Waals surface area (Å²) >= 11 is 0. The summed E-state index contributed by atoms with van der Waals surface area (Å²) in [5, 5.41) is 1.57. The number of fused-ring (bicyclic) bond motifs is 6. The minimum Gasteiger partial charge on any atom is -0.483 e. The van der Waals surface area contributed by atoms with Gasteiger partial charge in [-0.1, -0.05) is 23.8 Å². The van der Waals surface area contributed by atoms with Crippen LogP contribution in [0.2, 0.25) is 0 Å². The van der Waals surface area contributed by atoms with E-state index in [2.05, 4.69) is 0 Å². The van der Waals surface area contributed by atoms with Crippen LogP contribution >= 0.6 is 0 Å². The van der Waals surface area contributed by atoms with Gasteiger partial charge in [0.05, 0.1) is 15.9 Å². The molecular formula is C25H21NO5S. The van der Waals surface area contributed by atoms with Gasteiger partial charge < -0.3 is 14.2 Å². The summed E-state index contributed by atoms with van der Waals surface area (Å²) in [7, 11) is -3.88. The zero-order valence-corrected chi connectivity index (χ0v) is 18.7. The third kappa shape index (κ3) is 2.67. The van der Waals surface area contributed by atoms with Crippen molar-refractivity contribution in [3.8, 4) is 17.2 Å². The maximum atomic E-state index is 13.8. The molecule has 0 radical (unpaired) electrons. The van der Waals surface area contributed by atoms with Gasteiger partial charge in [-0.15, -0.1) is 0 Å². The molecule has 2 aliphatic rings. The molecule has 7 heteroatoms. The SMILES string of the molecule is Cc1ccc(S(=O)(=O)n2c3cc4c(cc3c3c5c(ccc32)OC(C)(C)C=C5)OCO4)cc1. The summed E-state index contributed by atoms with van der Waals surface area (Å²) in [6.07, 6.45) is 3.99. The normalized spacial score (nSPS) is 16.3. The number of ether oxygens (including phenoxy) is 3. The Morgan fingerprint density at radius 1 is 0.906 bits per heavy atom. The third-order valence-electron chi connectivity index (χ3n) is 5.96. The van der Waals surface area contributed by atoms with E-state index < -0.39 is 15.6 Å². The first-order valence-corrected chi connectivity index (χ1v) is 11.8. The lowest BCUT2D eigenvalue weighted by molar-refractivity contribution is 0.159. The molecule has 0 atom stereocenters. The smallest absolute Gasteiger partial charge is 0.268 e. The van der Waals surface area contributed by atoms with Crippen molar-refractivity contribution in [2.75, 3.05) is 6.79 Å². The fourth-order valence-electron chi connectivity index (χ4n) is 4.40. The van der Waals surface area contributed by atoms with Crippen LogP contribution in [0.25, 0.3) is 27.9 Å². The molecule has 32 heavy (non-hydrogen) atoms. The highest BCUT2D eigenvalue weighted by Gasteiger charge is 2.30. The maximum Gasteiger partial charge on any atom is 0.268 e. The number of benzene rings is 3. The summed E-state index contributed by atoms with van der Waals surface area (Å²) in [5.41, 5.74) is 2.52. The van der Waals surface area contributed by atoms with Gasteiger partial charge in [0.25, 0.3) is 10.0 Å². The minimum absolute atomic E-state index is 0.111. The van der Waals surface area contributed by atoms with E-state index in [9.17, 15) is 8.42 Å². The Hall–Kier alpha value is -3.45. The largest absolute Gasteiger partial charge is 0.483 e. The van der Waals surface area contributed by atoms with E-state index in [4.69, 9.17) is 14.2 Å². The fraction of sp³-hybridized carbons (Fsp3) is 0.200. The highest BCUT2D eigenvalue weighted by molar-refractivity contribution is 7.90. The average Bonchev–Trinajstić information content (AvgIpc) is 3.33. The Labute approximate surface area is 185 Å². The van der Waals surface area contributed by atoms with Crippen molar-refractivity contribution in [1.82, 2.24) is 3.97 Å². The molecule has 0 fully saturated rings. The van der Waals surface area contributed by atoms with Crippen LogP contribution in [-0.2, 0) is 10.0 Å². The molecule has 0 N–H and O–H groups in total. The molecular weight excluding hydrogens is 426 g/mol. The van der Waals surface area contributed by atoms with Gasteiger partial charge in [-0.2, -0.15) is 0 Å². The first-order chi connectivity index (χ1) is 15.2. The second kappa shape index (κ2) is 6.29. The average molecular weight is 448 g/mol. The zero-order chi connectivity index (χ0) is 22.3. The molecule has 0 spiro atoms. The van der Waals surface area contributed by atoms with Gasteiger partial charge in [0, 0.05) is 22.4 Å². The lowest BCUT2D eigenvalue weighted by Gasteiger charge is -2.28. The van der Waals surface area contributed by atoms with E-state index in [1.807, 2.05) is 51.1 Å². The molecule has 2 aliphatic heterocycles. The Bertz CT molecular complexity index is 1560. The van der Waals surface area contributed by atoms with Gasteiger partial charge in [-0.05, 0) is 57.2 Å². The predicted molar refractivity (Wildman–Crippen MR) is 123 cm³/mol. The van der Waals surface area contributed by atoms with Crippen LogP contribution in [0.1, 0.15) is 25.0 Å². The highest BCUT2D eigenvalue weighted by atomic mass is 32.2. The maximum absolute atomic E-state index is 13.8. The first kappa shape index (κ1) is 19.3. The molecule has 0 saturated heterocycles. The summed E-state index contributed by atoms with van der Waals surface area (Å²) in [6, 6.07) is 14.1. The van der Waals surface area contributed by atoms with Crippen LogP contribution in [0.4, 0.5) is 0 Å². The van der Waals surface area contributed by atoms with Crippen molar-refractivity contribution < 1.29 is 22.6 Å². The van der Waals surface area contributed by atoms with E-state index in [1.165, 1.54) is 3.97 Å². The van der Waals surface area contributed by atoms with Crippen molar-refractivity contribution in [3.63, 3.8) is 0 Å². The molecule has 6 nitrogen and oxygen atoms in total. The number of rotatable bonds is 2. The van der Waals surface area contributed by atoms with Crippen molar-refractivity contribution in [1.29, 1.82) is 0 Å². The van der Waals surface area contributed by atoms with Crippen molar-refractivity contribution in [3.05, 3.63) is 65.7 Å². The summed E-state index contributed by atoms with van der Waals surface area (Å²) in [4.78, 5) is 0.227. The Balaban J connectivity index is 1.74. The van der Waals surface area contributed by atoms with Gasteiger partial charge in [0.1, 0.15) is 11.4 Å². The summed E-state index contributed by atoms with van der Waals surface area (Å²) in [6.45, 7) is 6.01. The molecule has 0 saturated carbocycles. The molecule has 4 aromatic rings. The van der Waals surface area contributed by atoms with Gasteiger partial charge in [-0.25, -0.2) is 12.4 Å². The van der Waals surface area contributed by atoms with E-state index in [1.54, 1.807) is 30.3 Å². The summed E-state index contributed by atoms with van der Waals surface area (Å²) in [5.74, 6) is 1.85. The molecule has 3 aromatic carbocycles. The lowest BCUT2D eigenvalue weighted by Crippen LogP contribution is -2.27. The van der Waals surface area contributed by atoms with Gasteiger partial charge in [0.15, 0.2) is 11.5 Å². The Kier molecular flexibility index (Phi) is 3.79. The predicted octanol–water partition coefficient (Wildman–Crippen LogP) is 5.25. The zero-order valence-electron chi connectivity index (χ0n) is 17.9. The standard InChI is InChI=1S/C25H21NO5S/c1-15-4-6-16(7-5-15)32(27,28)26-19-8-9-21-17(10-11-25(2,3)31-21)24(19)18-12-22-23(13-20(18)26)30-14-29-22/h4-13H,14H2,1-3H3. The van der Waals surface area contributed by atoms with E-state index in [0.29, 0.717) is 22.5 Å². The molecule has 0 aliphatic carbocycles. The van der Waals surface area contributed by atoms with Crippen molar-refractivity contribution >= 4 is 37.9 Å². The van der Waals surface area contributed by atoms with Crippen LogP contribution in [0.15, 0.2) is 59.5 Å². The van der Waals surface area contributed by atoms with E-state index >= 15 is 0 Å². The number of hydrogen-bond acceptors (Lipinski definition) is 5. The molecule has 0 bridgehead atoms.